The minimum atomic E-state index is -0.652. The fourth-order valence-corrected chi connectivity index (χ4v) is 4.87. The normalized spacial score (nSPS) is 14.0. The molecule has 1 aliphatic rings. The topological polar surface area (TPSA) is 105 Å². The monoisotopic (exact) mass is 493 g/mol. The number of hydrogen-bond acceptors (Lipinski definition) is 8. The van der Waals surface area contributed by atoms with Gasteiger partial charge in [-0.3, -0.25) is 14.5 Å². The van der Waals surface area contributed by atoms with Gasteiger partial charge in [0.15, 0.2) is 0 Å². The molecule has 1 aromatic heterocycles. The van der Waals surface area contributed by atoms with E-state index in [9.17, 15) is 19.2 Å². The molecule has 1 aliphatic heterocycles. The average molecular weight is 494 g/mol. The molecule has 0 saturated carbocycles. The smallest absolute Gasteiger partial charge is 0.348 e. The number of nitrogens with one attached hydrogen (secondary N) is 1. The van der Waals surface area contributed by atoms with E-state index in [0.717, 1.165) is 11.3 Å². The Morgan fingerprint density at radius 1 is 1.03 bits per heavy atom. The van der Waals surface area contributed by atoms with Crippen LogP contribution in [0.2, 0.25) is 5.02 Å². The lowest BCUT2D eigenvalue weighted by atomic mass is 10.1. The van der Waals surface area contributed by atoms with Gasteiger partial charge in [0.05, 0.1) is 36.9 Å². The molecule has 0 spiro atoms. The number of methoxy groups -OCH3 is 2. The lowest BCUT2D eigenvalue weighted by molar-refractivity contribution is -0.117. The van der Waals surface area contributed by atoms with E-state index < -0.39 is 11.9 Å². The number of benzene rings is 1. The molecule has 2 amide bonds. The van der Waals surface area contributed by atoms with E-state index in [1.54, 1.807) is 36.1 Å². The highest BCUT2D eigenvalue weighted by atomic mass is 35.5. The van der Waals surface area contributed by atoms with Crippen molar-refractivity contribution in [3.05, 3.63) is 50.9 Å². The maximum Gasteiger partial charge on any atom is 0.348 e. The van der Waals surface area contributed by atoms with Gasteiger partial charge in [0.25, 0.3) is 5.91 Å². The van der Waals surface area contributed by atoms with E-state index >= 15 is 0 Å². The maximum atomic E-state index is 12.7. The van der Waals surface area contributed by atoms with Crippen molar-refractivity contribution in [3.8, 4) is 0 Å². The molecule has 11 heteroatoms. The van der Waals surface area contributed by atoms with Crippen LogP contribution in [-0.2, 0) is 14.3 Å². The molecular weight excluding hydrogens is 470 g/mol. The van der Waals surface area contributed by atoms with E-state index in [0.29, 0.717) is 42.3 Å². The van der Waals surface area contributed by atoms with Gasteiger partial charge in [-0.05, 0) is 24.6 Å². The molecule has 1 aromatic carbocycles. The van der Waals surface area contributed by atoms with Gasteiger partial charge in [-0.2, -0.15) is 0 Å². The first-order valence-electron chi connectivity index (χ1n) is 10.1. The summed E-state index contributed by atoms with van der Waals surface area (Å²) in [5.41, 5.74) is 0.974. The Bertz CT molecular complexity index is 1080. The Balaban J connectivity index is 1.62. The third-order valence-electron chi connectivity index (χ3n) is 5.29. The highest BCUT2D eigenvalue weighted by Crippen LogP contribution is 2.34. The first kappa shape index (κ1) is 24.7. The largest absolute Gasteiger partial charge is 0.465 e. The summed E-state index contributed by atoms with van der Waals surface area (Å²) in [5.74, 6) is -1.73. The highest BCUT2D eigenvalue weighted by molar-refractivity contribution is 7.18. The average Bonchev–Trinajstić information content (AvgIpc) is 3.13. The third-order valence-corrected chi connectivity index (χ3v) is 6.81. The van der Waals surface area contributed by atoms with Crippen LogP contribution in [0.15, 0.2) is 24.3 Å². The van der Waals surface area contributed by atoms with Crippen LogP contribution in [0.4, 0.5) is 5.00 Å². The number of piperazine rings is 1. The zero-order chi connectivity index (χ0) is 24.1. The number of halogens is 1. The number of rotatable bonds is 6. The quantitative estimate of drug-likeness (QED) is 0.617. The SMILES string of the molecule is COC(=O)c1sc(NC(=O)CN2CCN(C(=O)c3ccccc3Cl)CC2)c(C(=O)OC)c1C. The van der Waals surface area contributed by atoms with Gasteiger partial charge in [0, 0.05) is 26.2 Å². The van der Waals surface area contributed by atoms with Gasteiger partial charge in [0.1, 0.15) is 9.88 Å². The molecule has 176 valence electrons. The number of carbonyl (C=O) groups excluding carboxylic acids is 4. The van der Waals surface area contributed by atoms with Crippen molar-refractivity contribution in [2.24, 2.45) is 0 Å². The number of ether oxygens (including phenoxy) is 2. The van der Waals surface area contributed by atoms with E-state index in [2.05, 4.69) is 5.32 Å². The van der Waals surface area contributed by atoms with Crippen LogP contribution < -0.4 is 5.32 Å². The molecule has 1 saturated heterocycles. The van der Waals surface area contributed by atoms with Crippen molar-refractivity contribution < 1.29 is 28.7 Å². The van der Waals surface area contributed by atoms with Crippen molar-refractivity contribution in [3.63, 3.8) is 0 Å². The van der Waals surface area contributed by atoms with Crippen LogP contribution in [0.5, 0.6) is 0 Å². The first-order valence-corrected chi connectivity index (χ1v) is 11.3. The van der Waals surface area contributed by atoms with Gasteiger partial charge in [-0.15, -0.1) is 11.3 Å². The molecule has 2 heterocycles. The highest BCUT2D eigenvalue weighted by Gasteiger charge is 2.28. The van der Waals surface area contributed by atoms with Crippen molar-refractivity contribution in [2.75, 3.05) is 52.3 Å². The molecule has 2 aromatic rings. The van der Waals surface area contributed by atoms with E-state index in [1.165, 1.54) is 14.2 Å². The van der Waals surface area contributed by atoms with Crippen LogP contribution >= 0.6 is 22.9 Å². The molecule has 0 radical (unpaired) electrons. The molecule has 0 bridgehead atoms. The second kappa shape index (κ2) is 10.8. The summed E-state index contributed by atoms with van der Waals surface area (Å²) in [7, 11) is 2.47. The number of anilines is 1. The molecule has 33 heavy (non-hydrogen) atoms. The van der Waals surface area contributed by atoms with E-state index in [1.807, 2.05) is 4.90 Å². The number of thiophene rings is 1. The summed E-state index contributed by atoms with van der Waals surface area (Å²) in [5, 5.41) is 3.35. The summed E-state index contributed by atoms with van der Waals surface area (Å²) < 4.78 is 9.55. The van der Waals surface area contributed by atoms with Gasteiger partial charge in [-0.1, -0.05) is 23.7 Å². The Hall–Kier alpha value is -2.95. The summed E-state index contributed by atoms with van der Waals surface area (Å²) in [6, 6.07) is 6.90. The van der Waals surface area contributed by atoms with Crippen LogP contribution in [0.3, 0.4) is 0 Å². The molecular formula is C22H24ClN3O6S. The van der Waals surface area contributed by atoms with E-state index in [-0.39, 0.29) is 33.8 Å². The van der Waals surface area contributed by atoms with Gasteiger partial charge >= 0.3 is 11.9 Å². The number of esters is 2. The fourth-order valence-electron chi connectivity index (χ4n) is 3.52. The number of carbonyl (C=O) groups is 4. The maximum absolute atomic E-state index is 12.7. The summed E-state index contributed by atoms with van der Waals surface area (Å²) in [4.78, 5) is 53.4. The summed E-state index contributed by atoms with van der Waals surface area (Å²) in [6.07, 6.45) is 0. The lowest BCUT2D eigenvalue weighted by Gasteiger charge is -2.34. The zero-order valence-electron chi connectivity index (χ0n) is 18.5. The van der Waals surface area contributed by atoms with Crippen LogP contribution in [0, 0.1) is 6.92 Å². The van der Waals surface area contributed by atoms with Crippen molar-refractivity contribution in [1.82, 2.24) is 9.80 Å². The van der Waals surface area contributed by atoms with Gasteiger partial charge in [0.2, 0.25) is 5.91 Å². The van der Waals surface area contributed by atoms with Gasteiger partial charge < -0.3 is 19.7 Å². The van der Waals surface area contributed by atoms with Crippen LogP contribution in [0.1, 0.15) is 36.0 Å². The minimum Gasteiger partial charge on any atom is -0.465 e. The van der Waals surface area contributed by atoms with E-state index in [4.69, 9.17) is 21.1 Å². The van der Waals surface area contributed by atoms with Crippen molar-refractivity contribution in [2.45, 2.75) is 6.92 Å². The fraction of sp³-hybridized carbons (Fsp3) is 0.364. The number of hydrogen-bond donors (Lipinski definition) is 1. The standard InChI is InChI=1S/C22H24ClN3O6S/c1-13-17(21(29)31-2)19(33-18(13)22(30)32-3)24-16(27)12-25-8-10-26(11-9-25)20(28)14-6-4-5-7-15(14)23/h4-7H,8-12H2,1-3H3,(H,24,27). The summed E-state index contributed by atoms with van der Waals surface area (Å²) in [6.45, 7) is 3.58. The Morgan fingerprint density at radius 3 is 2.27 bits per heavy atom. The Morgan fingerprint density at radius 2 is 1.67 bits per heavy atom. The molecule has 0 aliphatic carbocycles. The first-order chi connectivity index (χ1) is 15.8. The molecule has 1 N–H and O–H groups in total. The second-order valence-corrected chi connectivity index (χ2v) is 8.77. The van der Waals surface area contributed by atoms with Crippen molar-refractivity contribution in [1.29, 1.82) is 0 Å². The lowest BCUT2D eigenvalue weighted by Crippen LogP contribution is -2.50. The Kier molecular flexibility index (Phi) is 8.06. The molecule has 9 nitrogen and oxygen atoms in total. The summed E-state index contributed by atoms with van der Waals surface area (Å²) >= 11 is 7.09. The number of amides is 2. The second-order valence-electron chi connectivity index (χ2n) is 7.34. The number of nitrogens with zero attached hydrogens (tertiary/aromatic N) is 2. The predicted octanol–water partition coefficient (Wildman–Crippen LogP) is 2.68. The van der Waals surface area contributed by atoms with Gasteiger partial charge in [-0.25, -0.2) is 9.59 Å². The molecule has 0 atom stereocenters. The predicted molar refractivity (Wildman–Crippen MR) is 124 cm³/mol. The van der Waals surface area contributed by atoms with Crippen LogP contribution in [-0.4, -0.2) is 80.5 Å². The molecule has 1 fully saturated rings. The van der Waals surface area contributed by atoms with Crippen molar-refractivity contribution >= 4 is 51.7 Å². The Labute approximate surface area is 200 Å². The zero-order valence-corrected chi connectivity index (χ0v) is 20.0. The molecule has 0 unspecified atom stereocenters. The van der Waals surface area contributed by atoms with Crippen LogP contribution in [0.25, 0.3) is 0 Å². The third kappa shape index (κ3) is 5.52. The molecule has 3 rings (SSSR count). The minimum absolute atomic E-state index is 0.0687.